The van der Waals surface area contributed by atoms with Gasteiger partial charge in [0.15, 0.2) is 0 Å². The standard InChI is InChI=1S/C17H23NO3S/c1-12(2)22-11-16(19)18-7-6-14(10-18)8-13-4-3-5-15(9-13)17(20)21/h3-5,9,12,14H,6-8,10-11H2,1-2H3,(H,20,21). The molecule has 0 bridgehead atoms. The molecule has 1 aromatic carbocycles. The van der Waals surface area contributed by atoms with Crippen molar-refractivity contribution in [2.24, 2.45) is 5.92 Å². The van der Waals surface area contributed by atoms with E-state index in [-0.39, 0.29) is 5.91 Å². The molecule has 0 aliphatic carbocycles. The highest BCUT2D eigenvalue weighted by molar-refractivity contribution is 8.00. The molecule has 1 aliphatic heterocycles. The van der Waals surface area contributed by atoms with E-state index >= 15 is 0 Å². The van der Waals surface area contributed by atoms with E-state index in [4.69, 9.17) is 5.11 Å². The Morgan fingerprint density at radius 1 is 1.41 bits per heavy atom. The van der Waals surface area contributed by atoms with Crippen LogP contribution in [0.4, 0.5) is 0 Å². The maximum Gasteiger partial charge on any atom is 0.335 e. The first-order valence-corrected chi connectivity index (χ1v) is 8.72. The number of carboxylic acids is 1. The average Bonchev–Trinajstić information content (AvgIpc) is 2.93. The average molecular weight is 321 g/mol. The van der Waals surface area contributed by atoms with Crippen LogP contribution in [0.15, 0.2) is 24.3 Å². The van der Waals surface area contributed by atoms with E-state index in [0.29, 0.717) is 22.5 Å². The zero-order chi connectivity index (χ0) is 16.1. The van der Waals surface area contributed by atoms with Crippen LogP contribution >= 0.6 is 11.8 Å². The number of carboxylic acid groups (broad SMARTS) is 1. The fourth-order valence-electron chi connectivity index (χ4n) is 2.72. The van der Waals surface area contributed by atoms with Crippen LogP contribution in [0.1, 0.15) is 36.2 Å². The second-order valence-corrected chi connectivity index (χ2v) is 7.63. The molecule has 22 heavy (non-hydrogen) atoms. The van der Waals surface area contributed by atoms with E-state index in [1.54, 1.807) is 30.0 Å². The predicted octanol–water partition coefficient (Wildman–Crippen LogP) is 2.92. The molecule has 1 aromatic rings. The van der Waals surface area contributed by atoms with Gasteiger partial charge in [0.25, 0.3) is 0 Å². The van der Waals surface area contributed by atoms with Crippen LogP contribution in [0.5, 0.6) is 0 Å². The van der Waals surface area contributed by atoms with Gasteiger partial charge in [-0.2, -0.15) is 0 Å². The van der Waals surface area contributed by atoms with E-state index in [2.05, 4.69) is 13.8 Å². The van der Waals surface area contributed by atoms with Crippen molar-refractivity contribution < 1.29 is 14.7 Å². The SMILES string of the molecule is CC(C)SCC(=O)N1CCC(Cc2cccc(C(=O)O)c2)C1. The Balaban J connectivity index is 1.87. The van der Waals surface area contributed by atoms with Gasteiger partial charge in [-0.1, -0.05) is 26.0 Å². The Bertz CT molecular complexity index is 544. The molecule has 2 rings (SSSR count). The molecule has 0 spiro atoms. The Morgan fingerprint density at radius 2 is 2.18 bits per heavy atom. The molecule has 1 unspecified atom stereocenters. The first-order valence-electron chi connectivity index (χ1n) is 7.67. The van der Waals surface area contributed by atoms with Gasteiger partial charge in [0.1, 0.15) is 0 Å². The summed E-state index contributed by atoms with van der Waals surface area (Å²) in [6.07, 6.45) is 1.83. The number of carbonyl (C=O) groups is 2. The molecule has 1 saturated heterocycles. The third kappa shape index (κ3) is 4.77. The van der Waals surface area contributed by atoms with Crippen LogP contribution in [-0.2, 0) is 11.2 Å². The number of hydrogen-bond donors (Lipinski definition) is 1. The zero-order valence-electron chi connectivity index (χ0n) is 13.1. The van der Waals surface area contributed by atoms with Crippen LogP contribution in [0.2, 0.25) is 0 Å². The summed E-state index contributed by atoms with van der Waals surface area (Å²) < 4.78 is 0. The molecule has 1 fully saturated rings. The Kier molecular flexibility index (Phi) is 5.89. The fraction of sp³-hybridized carbons (Fsp3) is 0.529. The number of hydrogen-bond acceptors (Lipinski definition) is 3. The van der Waals surface area contributed by atoms with Gasteiger partial charge in [-0.3, -0.25) is 4.79 Å². The third-order valence-electron chi connectivity index (χ3n) is 3.88. The molecule has 1 N–H and O–H groups in total. The first kappa shape index (κ1) is 16.9. The van der Waals surface area contributed by atoms with E-state index in [1.807, 2.05) is 11.0 Å². The summed E-state index contributed by atoms with van der Waals surface area (Å²) in [4.78, 5) is 25.1. The van der Waals surface area contributed by atoms with Gasteiger partial charge in [0, 0.05) is 13.1 Å². The number of likely N-dealkylation sites (tertiary alicyclic amines) is 1. The molecule has 1 atom stereocenters. The summed E-state index contributed by atoms with van der Waals surface area (Å²) >= 11 is 1.68. The highest BCUT2D eigenvalue weighted by Crippen LogP contribution is 2.22. The normalized spacial score (nSPS) is 18.0. The Hall–Kier alpha value is -1.49. The lowest BCUT2D eigenvalue weighted by Gasteiger charge is -2.17. The van der Waals surface area contributed by atoms with Crippen LogP contribution in [0, 0.1) is 5.92 Å². The van der Waals surface area contributed by atoms with Gasteiger partial charge in [-0.05, 0) is 41.7 Å². The van der Waals surface area contributed by atoms with Crippen LogP contribution in [-0.4, -0.2) is 46.0 Å². The second kappa shape index (κ2) is 7.68. The minimum Gasteiger partial charge on any atom is -0.478 e. The summed E-state index contributed by atoms with van der Waals surface area (Å²) in [5, 5.41) is 9.51. The van der Waals surface area contributed by atoms with Gasteiger partial charge in [-0.25, -0.2) is 4.79 Å². The van der Waals surface area contributed by atoms with Crippen molar-refractivity contribution in [1.82, 2.24) is 4.90 Å². The number of nitrogens with zero attached hydrogens (tertiary/aromatic N) is 1. The van der Waals surface area contributed by atoms with Crippen molar-refractivity contribution in [3.05, 3.63) is 35.4 Å². The summed E-state index contributed by atoms with van der Waals surface area (Å²) in [5.41, 5.74) is 1.37. The number of carbonyl (C=O) groups excluding carboxylic acids is 1. The van der Waals surface area contributed by atoms with Crippen LogP contribution < -0.4 is 0 Å². The van der Waals surface area contributed by atoms with Crippen LogP contribution in [0.3, 0.4) is 0 Å². The smallest absolute Gasteiger partial charge is 0.335 e. The van der Waals surface area contributed by atoms with Crippen molar-refractivity contribution in [3.8, 4) is 0 Å². The summed E-state index contributed by atoms with van der Waals surface area (Å²) in [6.45, 7) is 5.80. The maximum absolute atomic E-state index is 12.1. The lowest BCUT2D eigenvalue weighted by atomic mass is 9.97. The number of amides is 1. The lowest BCUT2D eigenvalue weighted by molar-refractivity contribution is -0.127. The molecule has 0 saturated carbocycles. The Labute approximate surface area is 135 Å². The molecular weight excluding hydrogens is 298 g/mol. The second-order valence-electron chi connectivity index (χ2n) is 6.06. The third-order valence-corrected chi connectivity index (χ3v) is 4.96. The van der Waals surface area contributed by atoms with E-state index < -0.39 is 5.97 Å². The number of benzene rings is 1. The summed E-state index contributed by atoms with van der Waals surface area (Å²) in [5.74, 6) is 0.312. The molecule has 0 radical (unpaired) electrons. The van der Waals surface area contributed by atoms with Gasteiger partial charge >= 0.3 is 5.97 Å². The highest BCUT2D eigenvalue weighted by Gasteiger charge is 2.26. The van der Waals surface area contributed by atoms with Crippen molar-refractivity contribution in [3.63, 3.8) is 0 Å². The number of thioether (sulfide) groups is 1. The molecular formula is C17H23NO3S. The van der Waals surface area contributed by atoms with Crippen LogP contribution in [0.25, 0.3) is 0 Å². The minimum absolute atomic E-state index is 0.223. The quantitative estimate of drug-likeness (QED) is 0.875. The monoisotopic (exact) mass is 321 g/mol. The maximum atomic E-state index is 12.1. The summed E-state index contributed by atoms with van der Waals surface area (Å²) in [6, 6.07) is 7.10. The molecule has 1 aliphatic rings. The van der Waals surface area contributed by atoms with Gasteiger partial charge in [0.2, 0.25) is 5.91 Å². The van der Waals surface area contributed by atoms with E-state index in [9.17, 15) is 9.59 Å². The minimum atomic E-state index is -0.893. The molecule has 4 nitrogen and oxygen atoms in total. The van der Waals surface area contributed by atoms with Crippen molar-refractivity contribution >= 4 is 23.6 Å². The molecule has 1 amide bonds. The Morgan fingerprint density at radius 3 is 2.86 bits per heavy atom. The van der Waals surface area contributed by atoms with Crippen molar-refractivity contribution in [2.75, 3.05) is 18.8 Å². The topological polar surface area (TPSA) is 57.6 Å². The van der Waals surface area contributed by atoms with Crippen molar-refractivity contribution in [2.45, 2.75) is 31.9 Å². The molecule has 120 valence electrons. The van der Waals surface area contributed by atoms with Crippen molar-refractivity contribution in [1.29, 1.82) is 0 Å². The van der Waals surface area contributed by atoms with Gasteiger partial charge in [-0.15, -0.1) is 11.8 Å². The zero-order valence-corrected chi connectivity index (χ0v) is 13.9. The number of rotatable bonds is 6. The van der Waals surface area contributed by atoms with E-state index in [1.165, 1.54) is 0 Å². The molecule has 0 aromatic heterocycles. The largest absolute Gasteiger partial charge is 0.478 e. The summed E-state index contributed by atoms with van der Waals surface area (Å²) in [7, 11) is 0. The van der Waals surface area contributed by atoms with Gasteiger partial charge in [0.05, 0.1) is 11.3 Å². The first-order chi connectivity index (χ1) is 10.5. The lowest BCUT2D eigenvalue weighted by Crippen LogP contribution is -2.30. The molecule has 1 heterocycles. The fourth-order valence-corrected chi connectivity index (χ4v) is 3.38. The predicted molar refractivity (Wildman–Crippen MR) is 89.4 cm³/mol. The highest BCUT2D eigenvalue weighted by atomic mass is 32.2. The molecule has 5 heteroatoms. The number of aromatic carboxylic acids is 1. The van der Waals surface area contributed by atoms with Gasteiger partial charge < -0.3 is 10.0 Å². The van der Waals surface area contributed by atoms with E-state index in [0.717, 1.165) is 31.5 Å².